The number of benzene rings is 1. The number of ether oxygens (including phenoxy) is 1. The first-order valence-corrected chi connectivity index (χ1v) is 10.2. The number of nitrogens with zero attached hydrogens (tertiary/aromatic N) is 1. The van der Waals surface area contributed by atoms with Gasteiger partial charge in [0, 0.05) is 41.5 Å². The minimum absolute atomic E-state index is 0.421. The molecule has 1 saturated carbocycles. The van der Waals surface area contributed by atoms with Gasteiger partial charge in [-0.2, -0.15) is 0 Å². The number of rotatable bonds is 2. The zero-order chi connectivity index (χ0) is 18.0. The van der Waals surface area contributed by atoms with E-state index in [1.165, 1.54) is 52.5 Å². The Morgan fingerprint density at radius 1 is 1.19 bits per heavy atom. The minimum Gasteiger partial charge on any atom is -0.493 e. The first-order chi connectivity index (χ1) is 13.2. The second-order valence-electron chi connectivity index (χ2n) is 8.74. The molecule has 0 bridgehead atoms. The van der Waals surface area contributed by atoms with Crippen LogP contribution in [0.4, 0.5) is 0 Å². The molecule has 27 heavy (non-hydrogen) atoms. The van der Waals surface area contributed by atoms with Crippen molar-refractivity contribution in [2.45, 2.75) is 45.1 Å². The molecular formula is C23H25N3O. The summed E-state index contributed by atoms with van der Waals surface area (Å²) in [6.07, 6.45) is 10.3. The first-order valence-electron chi connectivity index (χ1n) is 10.2. The van der Waals surface area contributed by atoms with Gasteiger partial charge in [0.2, 0.25) is 0 Å². The van der Waals surface area contributed by atoms with Gasteiger partial charge >= 0.3 is 0 Å². The fourth-order valence-electron chi connectivity index (χ4n) is 4.92. The van der Waals surface area contributed by atoms with E-state index in [0.717, 1.165) is 37.4 Å². The van der Waals surface area contributed by atoms with Crippen LogP contribution < -0.4 is 10.1 Å². The molecule has 2 aliphatic heterocycles. The predicted molar refractivity (Wildman–Crippen MR) is 107 cm³/mol. The fraction of sp³-hybridized carbons (Fsp3) is 0.435. The highest BCUT2D eigenvalue weighted by Crippen LogP contribution is 2.56. The van der Waals surface area contributed by atoms with Gasteiger partial charge in [0.05, 0.1) is 6.61 Å². The van der Waals surface area contributed by atoms with Crippen LogP contribution in [0, 0.1) is 12.3 Å². The first kappa shape index (κ1) is 15.7. The largest absolute Gasteiger partial charge is 0.493 e. The van der Waals surface area contributed by atoms with E-state index < -0.39 is 0 Å². The van der Waals surface area contributed by atoms with Crippen LogP contribution in [0.15, 0.2) is 30.6 Å². The topological polar surface area (TPSA) is 49.9 Å². The Balaban J connectivity index is 1.48. The lowest BCUT2D eigenvalue weighted by Gasteiger charge is -2.25. The zero-order valence-electron chi connectivity index (χ0n) is 15.8. The second kappa shape index (κ2) is 5.59. The maximum atomic E-state index is 6.16. The molecule has 1 aliphatic carbocycles. The maximum Gasteiger partial charge on any atom is 0.137 e. The number of aromatic amines is 1. The number of pyridine rings is 1. The standard InChI is InChI=1S/C23H25N3O/c1-14-11-24-22-18(14)9-17(12-25-22)16-7-15-3-2-6-27-21(15)19(8-16)20-10-23(4-5-23)13-26-20/h7-9,11-12,20,26H,2-6,10,13H2,1H3,(H,24,25). The molecule has 1 spiro atoms. The molecule has 1 atom stereocenters. The van der Waals surface area contributed by atoms with Crippen molar-refractivity contribution in [3.63, 3.8) is 0 Å². The SMILES string of the molecule is Cc1c[nH]c2ncc(-c3cc4c(c(C5CC6(CC6)CN5)c3)OCCC4)cc12. The molecule has 3 aliphatic rings. The van der Waals surface area contributed by atoms with Gasteiger partial charge in [-0.3, -0.25) is 0 Å². The molecule has 2 aromatic heterocycles. The number of H-pyrrole nitrogens is 1. The molecule has 2 N–H and O–H groups in total. The molecule has 0 amide bonds. The van der Waals surface area contributed by atoms with E-state index >= 15 is 0 Å². The molecular weight excluding hydrogens is 334 g/mol. The van der Waals surface area contributed by atoms with E-state index in [9.17, 15) is 0 Å². The predicted octanol–water partition coefficient (Wildman–Crippen LogP) is 4.68. The summed E-state index contributed by atoms with van der Waals surface area (Å²) in [4.78, 5) is 7.90. The van der Waals surface area contributed by atoms with Crippen LogP contribution in [0.1, 0.15) is 48.4 Å². The average Bonchev–Trinajstić information content (AvgIpc) is 3.17. The summed E-state index contributed by atoms with van der Waals surface area (Å²) in [5.74, 6) is 1.15. The van der Waals surface area contributed by atoms with Crippen molar-refractivity contribution in [3.8, 4) is 16.9 Å². The summed E-state index contributed by atoms with van der Waals surface area (Å²) in [6, 6.07) is 7.37. The van der Waals surface area contributed by atoms with Gasteiger partial charge in [0.1, 0.15) is 11.4 Å². The molecule has 4 nitrogen and oxygen atoms in total. The molecule has 1 saturated heterocycles. The van der Waals surface area contributed by atoms with E-state index in [1.807, 2.05) is 12.4 Å². The van der Waals surface area contributed by atoms with Gasteiger partial charge in [0.15, 0.2) is 0 Å². The van der Waals surface area contributed by atoms with E-state index in [-0.39, 0.29) is 0 Å². The highest BCUT2D eigenvalue weighted by molar-refractivity contribution is 5.84. The van der Waals surface area contributed by atoms with Crippen LogP contribution in [0.25, 0.3) is 22.2 Å². The molecule has 2 fully saturated rings. The van der Waals surface area contributed by atoms with Crippen molar-refractivity contribution in [2.75, 3.05) is 13.2 Å². The molecule has 0 radical (unpaired) electrons. The number of fused-ring (bicyclic) bond motifs is 2. The third kappa shape index (κ3) is 2.50. The van der Waals surface area contributed by atoms with Crippen LogP contribution in [0.3, 0.4) is 0 Å². The Hall–Kier alpha value is -2.33. The van der Waals surface area contributed by atoms with Crippen molar-refractivity contribution in [3.05, 3.63) is 47.3 Å². The van der Waals surface area contributed by atoms with Gasteiger partial charge < -0.3 is 15.0 Å². The van der Waals surface area contributed by atoms with Crippen LogP contribution in [0.2, 0.25) is 0 Å². The summed E-state index contributed by atoms with van der Waals surface area (Å²) < 4.78 is 6.16. The lowest BCUT2D eigenvalue weighted by atomic mass is 9.90. The van der Waals surface area contributed by atoms with Crippen LogP contribution in [-0.2, 0) is 6.42 Å². The molecule has 4 heteroatoms. The number of aryl methyl sites for hydroxylation is 2. The molecule has 1 unspecified atom stereocenters. The summed E-state index contributed by atoms with van der Waals surface area (Å²) in [5, 5.41) is 5.00. The minimum atomic E-state index is 0.421. The molecule has 6 rings (SSSR count). The summed E-state index contributed by atoms with van der Waals surface area (Å²) in [5.41, 5.74) is 7.96. The molecule has 1 aromatic carbocycles. The summed E-state index contributed by atoms with van der Waals surface area (Å²) in [6.45, 7) is 4.13. The van der Waals surface area contributed by atoms with Crippen molar-refractivity contribution in [1.29, 1.82) is 0 Å². The number of nitrogens with one attached hydrogen (secondary N) is 2. The maximum absolute atomic E-state index is 6.16. The number of aromatic nitrogens is 2. The average molecular weight is 359 g/mol. The monoisotopic (exact) mass is 359 g/mol. The lowest BCUT2D eigenvalue weighted by molar-refractivity contribution is 0.282. The Kier molecular flexibility index (Phi) is 3.25. The smallest absolute Gasteiger partial charge is 0.137 e. The summed E-state index contributed by atoms with van der Waals surface area (Å²) in [7, 11) is 0. The van der Waals surface area contributed by atoms with Gasteiger partial charge in [-0.05, 0) is 79.3 Å². The van der Waals surface area contributed by atoms with E-state index in [2.05, 4.69) is 40.4 Å². The van der Waals surface area contributed by atoms with Gasteiger partial charge in [0.25, 0.3) is 0 Å². The Morgan fingerprint density at radius 3 is 2.96 bits per heavy atom. The van der Waals surface area contributed by atoms with E-state index in [0.29, 0.717) is 11.5 Å². The van der Waals surface area contributed by atoms with E-state index in [1.54, 1.807) is 0 Å². The summed E-state index contributed by atoms with van der Waals surface area (Å²) >= 11 is 0. The van der Waals surface area contributed by atoms with Crippen molar-refractivity contribution < 1.29 is 4.74 Å². The number of hydrogen-bond acceptors (Lipinski definition) is 3. The fourth-order valence-corrected chi connectivity index (χ4v) is 4.92. The van der Waals surface area contributed by atoms with Crippen LogP contribution >= 0.6 is 0 Å². The van der Waals surface area contributed by atoms with Crippen LogP contribution in [-0.4, -0.2) is 23.1 Å². The Labute approximate surface area is 159 Å². The third-order valence-electron chi connectivity index (χ3n) is 6.80. The Bertz CT molecular complexity index is 1050. The molecule has 138 valence electrons. The Morgan fingerprint density at radius 2 is 2.11 bits per heavy atom. The van der Waals surface area contributed by atoms with Crippen LogP contribution in [0.5, 0.6) is 5.75 Å². The number of hydrogen-bond donors (Lipinski definition) is 2. The van der Waals surface area contributed by atoms with Crippen molar-refractivity contribution in [2.24, 2.45) is 5.41 Å². The highest BCUT2D eigenvalue weighted by atomic mass is 16.5. The second-order valence-corrected chi connectivity index (χ2v) is 8.74. The third-order valence-corrected chi connectivity index (χ3v) is 6.80. The van der Waals surface area contributed by atoms with Crippen molar-refractivity contribution in [1.82, 2.24) is 15.3 Å². The molecule has 3 aromatic rings. The highest BCUT2D eigenvalue weighted by Gasteiger charge is 2.49. The van der Waals surface area contributed by atoms with Gasteiger partial charge in [-0.1, -0.05) is 0 Å². The van der Waals surface area contributed by atoms with Gasteiger partial charge in [-0.25, -0.2) is 4.98 Å². The lowest BCUT2D eigenvalue weighted by Crippen LogP contribution is -2.18. The van der Waals surface area contributed by atoms with E-state index in [4.69, 9.17) is 4.74 Å². The quantitative estimate of drug-likeness (QED) is 0.699. The zero-order valence-corrected chi connectivity index (χ0v) is 15.8. The van der Waals surface area contributed by atoms with Crippen molar-refractivity contribution >= 4 is 11.0 Å². The normalized spacial score (nSPS) is 22.8. The van der Waals surface area contributed by atoms with Gasteiger partial charge in [-0.15, -0.1) is 0 Å². The molecule has 4 heterocycles.